The lowest BCUT2D eigenvalue weighted by molar-refractivity contribution is 0.0712. The van der Waals surface area contributed by atoms with Crippen LogP contribution in [0.4, 0.5) is 0 Å². The molecule has 0 saturated carbocycles. The number of benzene rings is 2. The Morgan fingerprint density at radius 1 is 1.08 bits per heavy atom. The Kier molecular flexibility index (Phi) is 5.59. The van der Waals surface area contributed by atoms with Crippen molar-refractivity contribution in [2.24, 2.45) is 0 Å². The molecule has 4 nitrogen and oxygen atoms in total. The lowest BCUT2D eigenvalue weighted by Crippen LogP contribution is -2.37. The van der Waals surface area contributed by atoms with Crippen molar-refractivity contribution in [3.05, 3.63) is 59.7 Å². The van der Waals surface area contributed by atoms with Gasteiger partial charge in [0.2, 0.25) is 0 Å². The number of amides is 1. The molecule has 0 radical (unpaired) electrons. The molecule has 0 aromatic heterocycles. The number of likely N-dealkylation sites (tertiary alicyclic amines) is 1. The van der Waals surface area contributed by atoms with Crippen LogP contribution in [0.1, 0.15) is 41.6 Å². The van der Waals surface area contributed by atoms with Gasteiger partial charge in [-0.25, -0.2) is 0 Å². The second kappa shape index (κ2) is 8.06. The third kappa shape index (κ3) is 3.95. The largest absolute Gasteiger partial charge is 0.493 e. The molecule has 0 N–H and O–H groups in total. The van der Waals surface area contributed by atoms with E-state index in [9.17, 15) is 4.79 Å². The minimum absolute atomic E-state index is 0.0628. The summed E-state index contributed by atoms with van der Waals surface area (Å²) in [5, 5.41) is 0. The van der Waals surface area contributed by atoms with Crippen molar-refractivity contribution in [3.63, 3.8) is 0 Å². The van der Waals surface area contributed by atoms with Crippen LogP contribution in [0, 0.1) is 0 Å². The van der Waals surface area contributed by atoms with Crippen molar-refractivity contribution in [1.82, 2.24) is 4.90 Å². The van der Waals surface area contributed by atoms with Gasteiger partial charge in [0.05, 0.1) is 13.7 Å². The van der Waals surface area contributed by atoms with E-state index in [4.69, 9.17) is 9.47 Å². The molecule has 1 aliphatic rings. The van der Waals surface area contributed by atoms with Crippen LogP contribution in [0.25, 0.3) is 0 Å². The molecule has 0 unspecified atom stereocenters. The van der Waals surface area contributed by atoms with Crippen LogP contribution < -0.4 is 9.47 Å². The van der Waals surface area contributed by atoms with E-state index in [-0.39, 0.29) is 5.91 Å². The molecule has 1 fully saturated rings. The molecular formula is C21H25NO3. The van der Waals surface area contributed by atoms with Gasteiger partial charge < -0.3 is 14.4 Å². The van der Waals surface area contributed by atoms with Crippen LogP contribution >= 0.6 is 0 Å². The fourth-order valence-corrected chi connectivity index (χ4v) is 3.40. The van der Waals surface area contributed by atoms with E-state index in [0.29, 0.717) is 29.6 Å². The summed E-state index contributed by atoms with van der Waals surface area (Å²) in [7, 11) is 1.59. The van der Waals surface area contributed by atoms with Crippen molar-refractivity contribution >= 4 is 5.91 Å². The summed E-state index contributed by atoms with van der Waals surface area (Å²) in [6.07, 6.45) is 2.01. The highest BCUT2D eigenvalue weighted by Crippen LogP contribution is 2.31. The number of hydrogen-bond acceptors (Lipinski definition) is 3. The van der Waals surface area contributed by atoms with E-state index in [1.165, 1.54) is 5.56 Å². The standard InChI is InChI=1S/C21H25NO3/c1-3-25-19-10-9-18(15-20(19)24-2)21(23)22-13-11-17(12-14-22)16-7-5-4-6-8-16/h4-10,15,17H,3,11-14H2,1-2H3. The fraction of sp³-hybridized carbons (Fsp3) is 0.381. The van der Waals surface area contributed by atoms with E-state index in [1.807, 2.05) is 30.0 Å². The van der Waals surface area contributed by atoms with Crippen LogP contribution in [-0.2, 0) is 0 Å². The molecule has 0 spiro atoms. The Labute approximate surface area is 149 Å². The normalized spacial score (nSPS) is 15.0. The van der Waals surface area contributed by atoms with Crippen LogP contribution in [0.2, 0.25) is 0 Å². The zero-order chi connectivity index (χ0) is 17.6. The van der Waals surface area contributed by atoms with Crippen LogP contribution in [-0.4, -0.2) is 37.6 Å². The number of ether oxygens (including phenoxy) is 2. The van der Waals surface area contributed by atoms with E-state index < -0.39 is 0 Å². The molecule has 1 amide bonds. The first kappa shape index (κ1) is 17.3. The van der Waals surface area contributed by atoms with Gasteiger partial charge in [-0.2, -0.15) is 0 Å². The highest BCUT2D eigenvalue weighted by Gasteiger charge is 2.25. The zero-order valence-corrected chi connectivity index (χ0v) is 14.9. The van der Waals surface area contributed by atoms with Gasteiger partial charge in [0.1, 0.15) is 0 Å². The van der Waals surface area contributed by atoms with Crippen LogP contribution in [0.15, 0.2) is 48.5 Å². The molecule has 132 valence electrons. The van der Waals surface area contributed by atoms with Crippen LogP contribution in [0.3, 0.4) is 0 Å². The van der Waals surface area contributed by atoms with Gasteiger partial charge >= 0.3 is 0 Å². The van der Waals surface area contributed by atoms with Crippen molar-refractivity contribution in [2.75, 3.05) is 26.8 Å². The third-order valence-electron chi connectivity index (χ3n) is 4.76. The highest BCUT2D eigenvalue weighted by atomic mass is 16.5. The predicted octanol–water partition coefficient (Wildman–Crippen LogP) is 4.11. The smallest absolute Gasteiger partial charge is 0.253 e. The van der Waals surface area contributed by atoms with Crippen molar-refractivity contribution in [2.45, 2.75) is 25.7 Å². The summed E-state index contributed by atoms with van der Waals surface area (Å²) in [6.45, 7) is 4.06. The minimum atomic E-state index is 0.0628. The van der Waals surface area contributed by atoms with E-state index in [0.717, 1.165) is 25.9 Å². The first-order valence-electron chi connectivity index (χ1n) is 8.88. The molecule has 0 atom stereocenters. The molecule has 2 aromatic rings. The molecular weight excluding hydrogens is 314 g/mol. The predicted molar refractivity (Wildman–Crippen MR) is 98.5 cm³/mol. The van der Waals surface area contributed by atoms with Gasteiger partial charge in [-0.15, -0.1) is 0 Å². The van der Waals surface area contributed by atoms with E-state index in [1.54, 1.807) is 13.2 Å². The molecule has 0 bridgehead atoms. The molecule has 0 aliphatic carbocycles. The number of rotatable bonds is 5. The lowest BCUT2D eigenvalue weighted by atomic mass is 9.89. The molecule has 25 heavy (non-hydrogen) atoms. The van der Waals surface area contributed by atoms with Gasteiger partial charge in [0, 0.05) is 18.7 Å². The summed E-state index contributed by atoms with van der Waals surface area (Å²) in [6, 6.07) is 16.0. The Bertz CT molecular complexity index is 706. The average Bonchev–Trinajstić information content (AvgIpc) is 2.69. The quantitative estimate of drug-likeness (QED) is 0.823. The summed E-state index contributed by atoms with van der Waals surface area (Å²) in [5.74, 6) is 1.88. The highest BCUT2D eigenvalue weighted by molar-refractivity contribution is 5.95. The summed E-state index contributed by atoms with van der Waals surface area (Å²) < 4.78 is 10.9. The number of piperidine rings is 1. The maximum atomic E-state index is 12.8. The van der Waals surface area contributed by atoms with E-state index in [2.05, 4.69) is 24.3 Å². The molecule has 1 heterocycles. The van der Waals surface area contributed by atoms with Gasteiger partial charge in [-0.3, -0.25) is 4.79 Å². The number of nitrogens with zero attached hydrogens (tertiary/aromatic N) is 1. The number of methoxy groups -OCH3 is 1. The van der Waals surface area contributed by atoms with Crippen LogP contribution in [0.5, 0.6) is 11.5 Å². The van der Waals surface area contributed by atoms with Gasteiger partial charge in [0.15, 0.2) is 11.5 Å². The van der Waals surface area contributed by atoms with Gasteiger partial charge in [-0.05, 0) is 49.4 Å². The Hall–Kier alpha value is -2.49. The molecule has 3 rings (SSSR count). The third-order valence-corrected chi connectivity index (χ3v) is 4.76. The summed E-state index contributed by atoms with van der Waals surface area (Å²) in [5.41, 5.74) is 2.02. The van der Waals surface area contributed by atoms with Gasteiger partial charge in [-0.1, -0.05) is 30.3 Å². The Balaban J connectivity index is 1.66. The van der Waals surface area contributed by atoms with Crippen molar-refractivity contribution in [3.8, 4) is 11.5 Å². The number of hydrogen-bond donors (Lipinski definition) is 0. The number of carbonyl (C=O) groups excluding carboxylic acids is 1. The Morgan fingerprint density at radius 2 is 1.80 bits per heavy atom. The topological polar surface area (TPSA) is 38.8 Å². The minimum Gasteiger partial charge on any atom is -0.493 e. The summed E-state index contributed by atoms with van der Waals surface area (Å²) >= 11 is 0. The monoisotopic (exact) mass is 339 g/mol. The SMILES string of the molecule is CCOc1ccc(C(=O)N2CCC(c3ccccc3)CC2)cc1OC. The second-order valence-corrected chi connectivity index (χ2v) is 6.28. The second-order valence-electron chi connectivity index (χ2n) is 6.28. The zero-order valence-electron chi connectivity index (χ0n) is 14.9. The fourth-order valence-electron chi connectivity index (χ4n) is 3.40. The maximum absolute atomic E-state index is 12.8. The first-order chi connectivity index (χ1) is 12.2. The Morgan fingerprint density at radius 3 is 2.44 bits per heavy atom. The molecule has 1 saturated heterocycles. The molecule has 2 aromatic carbocycles. The number of carbonyl (C=O) groups is 1. The van der Waals surface area contributed by atoms with Crippen molar-refractivity contribution < 1.29 is 14.3 Å². The lowest BCUT2D eigenvalue weighted by Gasteiger charge is -2.32. The average molecular weight is 339 g/mol. The first-order valence-corrected chi connectivity index (χ1v) is 8.88. The maximum Gasteiger partial charge on any atom is 0.253 e. The van der Waals surface area contributed by atoms with Gasteiger partial charge in [0.25, 0.3) is 5.91 Å². The van der Waals surface area contributed by atoms with E-state index >= 15 is 0 Å². The summed E-state index contributed by atoms with van der Waals surface area (Å²) in [4.78, 5) is 14.7. The molecule has 1 aliphatic heterocycles. The molecule has 4 heteroatoms. The van der Waals surface area contributed by atoms with Crippen molar-refractivity contribution in [1.29, 1.82) is 0 Å².